The van der Waals surface area contributed by atoms with Crippen LogP contribution in [0.1, 0.15) is 16.1 Å². The molecule has 1 aromatic rings. The molecule has 0 saturated carbocycles. The van der Waals surface area contributed by atoms with Gasteiger partial charge in [0.25, 0.3) is 5.91 Å². The van der Waals surface area contributed by atoms with Crippen molar-refractivity contribution in [1.29, 1.82) is 0 Å². The van der Waals surface area contributed by atoms with E-state index in [-0.39, 0.29) is 10.7 Å². The van der Waals surface area contributed by atoms with Crippen LogP contribution in [0.2, 0.25) is 4.34 Å². The van der Waals surface area contributed by atoms with Gasteiger partial charge >= 0.3 is 0 Å². The molecule has 0 aliphatic carbocycles. The molecule has 1 heterocycles. The van der Waals surface area contributed by atoms with Crippen LogP contribution < -0.4 is 5.32 Å². The van der Waals surface area contributed by atoms with Crippen LogP contribution in [-0.2, 0) is 4.74 Å². The number of carbonyl (C=O) groups is 1. The van der Waals surface area contributed by atoms with Crippen molar-refractivity contribution in [2.24, 2.45) is 0 Å². The molecule has 0 saturated heterocycles. The number of methoxy groups -OCH3 is 1. The van der Waals surface area contributed by atoms with Gasteiger partial charge in [-0.2, -0.15) is 0 Å². The van der Waals surface area contributed by atoms with Crippen molar-refractivity contribution in [3.63, 3.8) is 0 Å². The summed E-state index contributed by atoms with van der Waals surface area (Å²) in [5.74, 6) is -0.0750. The van der Waals surface area contributed by atoms with Gasteiger partial charge in [0.2, 0.25) is 0 Å². The van der Waals surface area contributed by atoms with Crippen molar-refractivity contribution in [3.8, 4) is 0 Å². The number of amides is 1. The zero-order valence-electron chi connectivity index (χ0n) is 8.83. The van der Waals surface area contributed by atoms with E-state index in [1.807, 2.05) is 0 Å². The summed E-state index contributed by atoms with van der Waals surface area (Å²) in [5, 5.41) is 2.83. The summed E-state index contributed by atoms with van der Waals surface area (Å²) in [6.07, 6.45) is 0.832. The molecular formula is C10H13BrClNO2S. The summed E-state index contributed by atoms with van der Waals surface area (Å²) in [6.45, 7) is 1.26. The van der Waals surface area contributed by atoms with Gasteiger partial charge in [0, 0.05) is 18.5 Å². The SMILES string of the molecule is COCC(Br)CCNC(=O)c1ccc(Cl)s1. The van der Waals surface area contributed by atoms with Gasteiger partial charge in [-0.25, -0.2) is 0 Å². The second-order valence-electron chi connectivity index (χ2n) is 3.20. The fourth-order valence-electron chi connectivity index (χ4n) is 1.13. The average molecular weight is 327 g/mol. The normalized spacial score (nSPS) is 12.4. The molecule has 0 spiro atoms. The second-order valence-corrected chi connectivity index (χ2v) is 6.21. The molecule has 1 unspecified atom stereocenters. The number of thiophene rings is 1. The monoisotopic (exact) mass is 325 g/mol. The molecule has 1 rings (SSSR count). The first-order valence-corrected chi connectivity index (χ1v) is 6.91. The van der Waals surface area contributed by atoms with Gasteiger partial charge in [-0.05, 0) is 18.6 Å². The highest BCUT2D eigenvalue weighted by molar-refractivity contribution is 9.09. The average Bonchev–Trinajstić information content (AvgIpc) is 2.65. The predicted molar refractivity (Wildman–Crippen MR) is 70.9 cm³/mol. The Hall–Kier alpha value is -0.100. The van der Waals surface area contributed by atoms with E-state index in [1.165, 1.54) is 11.3 Å². The first kappa shape index (κ1) is 14.0. The van der Waals surface area contributed by atoms with Crippen LogP contribution in [0, 0.1) is 0 Å². The highest BCUT2D eigenvalue weighted by atomic mass is 79.9. The topological polar surface area (TPSA) is 38.3 Å². The third-order valence-electron chi connectivity index (χ3n) is 1.89. The van der Waals surface area contributed by atoms with Crippen molar-refractivity contribution in [1.82, 2.24) is 5.32 Å². The molecule has 0 aliphatic rings. The molecular weight excluding hydrogens is 314 g/mol. The van der Waals surface area contributed by atoms with Gasteiger partial charge in [-0.3, -0.25) is 4.79 Å². The number of rotatable bonds is 6. The van der Waals surface area contributed by atoms with Crippen molar-refractivity contribution < 1.29 is 9.53 Å². The fraction of sp³-hybridized carbons (Fsp3) is 0.500. The summed E-state index contributed by atoms with van der Waals surface area (Å²) in [5.41, 5.74) is 0. The number of carbonyl (C=O) groups excluding carboxylic acids is 1. The number of halogens is 2. The van der Waals surface area contributed by atoms with Crippen LogP contribution in [0.15, 0.2) is 12.1 Å². The number of alkyl halides is 1. The van der Waals surface area contributed by atoms with E-state index in [0.29, 0.717) is 22.4 Å². The van der Waals surface area contributed by atoms with Crippen molar-refractivity contribution in [2.45, 2.75) is 11.2 Å². The maximum Gasteiger partial charge on any atom is 0.261 e. The zero-order valence-corrected chi connectivity index (χ0v) is 12.0. The lowest BCUT2D eigenvalue weighted by atomic mass is 10.3. The largest absolute Gasteiger partial charge is 0.384 e. The highest BCUT2D eigenvalue weighted by Crippen LogP contribution is 2.21. The Morgan fingerprint density at radius 1 is 1.69 bits per heavy atom. The Labute approximate surface area is 112 Å². The Morgan fingerprint density at radius 3 is 3.00 bits per heavy atom. The van der Waals surface area contributed by atoms with Crippen LogP contribution in [0.4, 0.5) is 0 Å². The highest BCUT2D eigenvalue weighted by Gasteiger charge is 2.09. The summed E-state index contributed by atoms with van der Waals surface area (Å²) in [6, 6.07) is 3.45. The van der Waals surface area contributed by atoms with Gasteiger partial charge in [0.1, 0.15) is 0 Å². The Kier molecular flexibility index (Phi) is 6.34. The molecule has 0 bridgehead atoms. The summed E-state index contributed by atoms with van der Waals surface area (Å²) >= 11 is 10.5. The van der Waals surface area contributed by atoms with E-state index in [2.05, 4.69) is 21.2 Å². The zero-order chi connectivity index (χ0) is 12.0. The maximum absolute atomic E-state index is 11.6. The lowest BCUT2D eigenvalue weighted by molar-refractivity contribution is 0.0956. The third kappa shape index (κ3) is 4.82. The molecule has 0 radical (unpaired) electrons. The first-order valence-electron chi connectivity index (χ1n) is 4.80. The predicted octanol–water partition coefficient (Wildman–Crippen LogP) is 2.93. The number of ether oxygens (including phenoxy) is 1. The molecule has 1 aromatic heterocycles. The van der Waals surface area contributed by atoms with Crippen LogP contribution in [0.5, 0.6) is 0 Å². The lowest BCUT2D eigenvalue weighted by Crippen LogP contribution is -2.26. The fourth-order valence-corrected chi connectivity index (χ4v) is 2.58. The van der Waals surface area contributed by atoms with Gasteiger partial charge in [0.05, 0.1) is 15.8 Å². The molecule has 0 fully saturated rings. The van der Waals surface area contributed by atoms with Gasteiger partial charge in [0.15, 0.2) is 0 Å². The first-order chi connectivity index (χ1) is 7.63. The molecule has 0 aliphatic heterocycles. The smallest absolute Gasteiger partial charge is 0.261 e. The summed E-state index contributed by atoms with van der Waals surface area (Å²) in [4.78, 5) is 12.5. The molecule has 90 valence electrons. The molecule has 0 aromatic carbocycles. The van der Waals surface area contributed by atoms with E-state index >= 15 is 0 Å². The number of hydrogen-bond acceptors (Lipinski definition) is 3. The van der Waals surface area contributed by atoms with Crippen molar-refractivity contribution in [2.75, 3.05) is 20.3 Å². The van der Waals surface area contributed by atoms with Crippen LogP contribution in [0.25, 0.3) is 0 Å². The van der Waals surface area contributed by atoms with Crippen molar-refractivity contribution in [3.05, 3.63) is 21.3 Å². The van der Waals surface area contributed by atoms with Gasteiger partial charge in [-0.15, -0.1) is 11.3 Å². The Morgan fingerprint density at radius 2 is 2.44 bits per heavy atom. The van der Waals surface area contributed by atoms with E-state index in [1.54, 1.807) is 19.2 Å². The molecule has 16 heavy (non-hydrogen) atoms. The van der Waals surface area contributed by atoms with Crippen LogP contribution in [0.3, 0.4) is 0 Å². The minimum absolute atomic E-state index is 0.0750. The van der Waals surface area contributed by atoms with E-state index in [0.717, 1.165) is 6.42 Å². The van der Waals surface area contributed by atoms with Gasteiger partial charge in [-0.1, -0.05) is 27.5 Å². The lowest BCUT2D eigenvalue weighted by Gasteiger charge is -2.08. The van der Waals surface area contributed by atoms with Crippen molar-refractivity contribution >= 4 is 44.8 Å². The number of hydrogen-bond donors (Lipinski definition) is 1. The summed E-state index contributed by atoms with van der Waals surface area (Å²) < 4.78 is 5.60. The Bertz CT molecular complexity index is 345. The second kappa shape index (κ2) is 7.27. The van der Waals surface area contributed by atoms with Crippen LogP contribution >= 0.6 is 38.9 Å². The van der Waals surface area contributed by atoms with E-state index in [4.69, 9.17) is 16.3 Å². The van der Waals surface area contributed by atoms with E-state index in [9.17, 15) is 4.79 Å². The third-order valence-corrected chi connectivity index (χ3v) is 3.84. The van der Waals surface area contributed by atoms with Gasteiger partial charge < -0.3 is 10.1 Å². The molecule has 6 heteroatoms. The minimum atomic E-state index is -0.0750. The molecule has 3 nitrogen and oxygen atoms in total. The Balaban J connectivity index is 2.25. The summed E-state index contributed by atoms with van der Waals surface area (Å²) in [7, 11) is 1.65. The molecule has 1 atom stereocenters. The standard InChI is InChI=1S/C10H13BrClNO2S/c1-15-6-7(11)4-5-13-10(14)8-2-3-9(12)16-8/h2-3,7H,4-6H2,1H3,(H,13,14). The molecule has 1 N–H and O–H groups in total. The minimum Gasteiger partial charge on any atom is -0.384 e. The number of nitrogens with one attached hydrogen (secondary N) is 1. The molecule has 1 amide bonds. The van der Waals surface area contributed by atoms with E-state index < -0.39 is 0 Å². The maximum atomic E-state index is 11.6. The quantitative estimate of drug-likeness (QED) is 0.816. The van der Waals surface area contributed by atoms with Crippen LogP contribution in [-0.4, -0.2) is 31.0 Å².